The number of para-hydroxylation sites is 1. The van der Waals surface area contributed by atoms with E-state index in [-0.39, 0.29) is 29.7 Å². The molecule has 0 unspecified atom stereocenters. The van der Waals surface area contributed by atoms with Crippen molar-refractivity contribution in [3.8, 4) is 23.0 Å². The summed E-state index contributed by atoms with van der Waals surface area (Å²) in [6.45, 7) is 7.47. The standard InChI is InChI=1S/C31H32ClNO6S/c1-31(2,3)22-10-12-23(13-11-22)37-17-18-39-26-14-9-21(19-27(26)36-4)20-28-29(34)33(30(35)40-28)15-16-38-25-8-6-5-7-24(25)32/h5-14,19-20H,15-18H2,1-4H3/b28-20-. The number of carbonyl (C=O) groups excluding carboxylic acids is 2. The summed E-state index contributed by atoms with van der Waals surface area (Å²) in [7, 11) is 1.55. The molecule has 0 radical (unpaired) electrons. The molecule has 1 aliphatic rings. The number of methoxy groups -OCH3 is 1. The Morgan fingerprint density at radius 3 is 2.25 bits per heavy atom. The van der Waals surface area contributed by atoms with Crippen LogP contribution >= 0.6 is 23.4 Å². The van der Waals surface area contributed by atoms with Crippen molar-refractivity contribution in [2.24, 2.45) is 0 Å². The molecule has 4 rings (SSSR count). The number of hydrogen-bond donors (Lipinski definition) is 0. The van der Waals surface area contributed by atoms with Crippen molar-refractivity contribution in [1.29, 1.82) is 0 Å². The molecule has 0 bridgehead atoms. The molecule has 1 saturated heterocycles. The lowest BCUT2D eigenvalue weighted by molar-refractivity contribution is -0.123. The van der Waals surface area contributed by atoms with Gasteiger partial charge in [-0.15, -0.1) is 0 Å². The van der Waals surface area contributed by atoms with Gasteiger partial charge in [-0.1, -0.05) is 62.7 Å². The molecule has 2 amide bonds. The molecule has 9 heteroatoms. The van der Waals surface area contributed by atoms with E-state index in [0.29, 0.717) is 46.0 Å². The van der Waals surface area contributed by atoms with Gasteiger partial charge in [0.1, 0.15) is 31.3 Å². The van der Waals surface area contributed by atoms with E-state index in [0.717, 1.165) is 17.5 Å². The van der Waals surface area contributed by atoms with Gasteiger partial charge in [0.2, 0.25) is 0 Å². The second kappa shape index (κ2) is 13.2. The van der Waals surface area contributed by atoms with Crippen molar-refractivity contribution in [3.63, 3.8) is 0 Å². The maximum Gasteiger partial charge on any atom is 0.293 e. The van der Waals surface area contributed by atoms with E-state index >= 15 is 0 Å². The van der Waals surface area contributed by atoms with Gasteiger partial charge in [-0.2, -0.15) is 0 Å². The van der Waals surface area contributed by atoms with E-state index in [1.54, 1.807) is 55.7 Å². The molecule has 7 nitrogen and oxygen atoms in total. The predicted molar refractivity (Wildman–Crippen MR) is 159 cm³/mol. The highest BCUT2D eigenvalue weighted by Crippen LogP contribution is 2.35. The first-order chi connectivity index (χ1) is 19.2. The molecule has 1 heterocycles. The fraction of sp³-hybridized carbons (Fsp3) is 0.290. The average molecular weight is 582 g/mol. The fourth-order valence-electron chi connectivity index (χ4n) is 3.91. The van der Waals surface area contributed by atoms with Crippen LogP contribution in [0.5, 0.6) is 23.0 Å². The van der Waals surface area contributed by atoms with Crippen LogP contribution in [0, 0.1) is 0 Å². The van der Waals surface area contributed by atoms with E-state index in [4.69, 9.17) is 30.5 Å². The number of rotatable bonds is 11. The summed E-state index contributed by atoms with van der Waals surface area (Å²) in [6.07, 6.45) is 1.66. The second-order valence-electron chi connectivity index (χ2n) is 9.99. The number of hydrogen-bond acceptors (Lipinski definition) is 7. The monoisotopic (exact) mass is 581 g/mol. The van der Waals surface area contributed by atoms with Crippen LogP contribution in [0.15, 0.2) is 71.6 Å². The lowest BCUT2D eigenvalue weighted by atomic mass is 9.87. The number of ether oxygens (including phenoxy) is 4. The van der Waals surface area contributed by atoms with Crippen LogP contribution < -0.4 is 18.9 Å². The summed E-state index contributed by atoms with van der Waals surface area (Å²) >= 11 is 6.98. The van der Waals surface area contributed by atoms with Crippen LogP contribution in [0.25, 0.3) is 6.08 Å². The molecule has 0 saturated carbocycles. The van der Waals surface area contributed by atoms with E-state index in [1.807, 2.05) is 12.1 Å². The van der Waals surface area contributed by atoms with E-state index in [9.17, 15) is 9.59 Å². The summed E-state index contributed by atoms with van der Waals surface area (Å²) < 4.78 is 22.8. The Hall–Kier alpha value is -3.62. The number of imide groups is 1. The van der Waals surface area contributed by atoms with Gasteiger partial charge in [0.15, 0.2) is 11.5 Å². The summed E-state index contributed by atoms with van der Waals surface area (Å²) in [5.74, 6) is 1.97. The minimum Gasteiger partial charge on any atom is -0.493 e. The third-order valence-corrected chi connectivity index (χ3v) is 7.32. The summed E-state index contributed by atoms with van der Waals surface area (Å²) in [5, 5.41) is 0.121. The van der Waals surface area contributed by atoms with Crippen molar-refractivity contribution in [3.05, 3.63) is 87.8 Å². The molecule has 1 aliphatic heterocycles. The minimum absolute atomic E-state index is 0.0890. The predicted octanol–water partition coefficient (Wildman–Crippen LogP) is 7.22. The number of thioether (sulfide) groups is 1. The molecule has 40 heavy (non-hydrogen) atoms. The highest BCUT2D eigenvalue weighted by Gasteiger charge is 2.34. The van der Waals surface area contributed by atoms with Gasteiger partial charge in [-0.25, -0.2) is 0 Å². The van der Waals surface area contributed by atoms with Crippen LogP contribution in [-0.2, 0) is 10.2 Å². The maximum atomic E-state index is 12.9. The third kappa shape index (κ3) is 7.52. The van der Waals surface area contributed by atoms with E-state index in [2.05, 4.69) is 32.9 Å². The van der Waals surface area contributed by atoms with Crippen LogP contribution in [0.3, 0.4) is 0 Å². The largest absolute Gasteiger partial charge is 0.493 e. The molecule has 0 spiro atoms. The Morgan fingerprint density at radius 2 is 1.55 bits per heavy atom. The van der Waals surface area contributed by atoms with Gasteiger partial charge >= 0.3 is 0 Å². The smallest absolute Gasteiger partial charge is 0.293 e. The zero-order chi connectivity index (χ0) is 28.7. The van der Waals surface area contributed by atoms with Gasteiger partial charge in [-0.3, -0.25) is 14.5 Å². The SMILES string of the molecule is COc1cc(/C=C2\SC(=O)N(CCOc3ccccc3Cl)C2=O)ccc1OCCOc1ccc(C(C)(C)C)cc1. The Morgan fingerprint density at radius 1 is 0.850 bits per heavy atom. The normalized spacial score (nSPS) is 14.5. The van der Waals surface area contributed by atoms with Crippen molar-refractivity contribution in [2.75, 3.05) is 33.5 Å². The molecule has 0 N–H and O–H groups in total. The highest BCUT2D eigenvalue weighted by atomic mass is 35.5. The molecule has 0 atom stereocenters. The Kier molecular flexibility index (Phi) is 9.66. The number of benzene rings is 3. The first-order valence-corrected chi connectivity index (χ1v) is 14.0. The maximum absolute atomic E-state index is 12.9. The van der Waals surface area contributed by atoms with Crippen LogP contribution in [0.1, 0.15) is 31.9 Å². The molecular weight excluding hydrogens is 550 g/mol. The zero-order valence-electron chi connectivity index (χ0n) is 22.9. The average Bonchev–Trinajstić information content (AvgIpc) is 3.19. The van der Waals surface area contributed by atoms with Crippen molar-refractivity contribution >= 4 is 40.6 Å². The summed E-state index contributed by atoms with van der Waals surface area (Å²) in [4.78, 5) is 26.8. The second-order valence-corrected chi connectivity index (χ2v) is 11.4. The topological polar surface area (TPSA) is 74.3 Å². The van der Waals surface area contributed by atoms with Gasteiger partial charge < -0.3 is 18.9 Å². The number of carbonyl (C=O) groups is 2. The Bertz CT molecular complexity index is 1380. The Labute approximate surface area is 244 Å². The minimum atomic E-state index is -0.371. The molecule has 0 aromatic heterocycles. The third-order valence-electron chi connectivity index (χ3n) is 6.10. The van der Waals surface area contributed by atoms with Gasteiger partial charge in [0.25, 0.3) is 11.1 Å². The lowest BCUT2D eigenvalue weighted by Crippen LogP contribution is -2.32. The molecule has 3 aromatic rings. The van der Waals surface area contributed by atoms with Crippen molar-refractivity contribution in [1.82, 2.24) is 4.90 Å². The van der Waals surface area contributed by atoms with Crippen molar-refractivity contribution in [2.45, 2.75) is 26.2 Å². The molecule has 0 aliphatic carbocycles. The number of halogens is 1. The zero-order valence-corrected chi connectivity index (χ0v) is 24.5. The van der Waals surface area contributed by atoms with Gasteiger partial charge in [-0.05, 0) is 70.8 Å². The quantitative estimate of drug-likeness (QED) is 0.175. The summed E-state index contributed by atoms with van der Waals surface area (Å²) in [6, 6.07) is 20.4. The van der Waals surface area contributed by atoms with Gasteiger partial charge in [0.05, 0.1) is 23.6 Å². The molecule has 1 fully saturated rings. The van der Waals surface area contributed by atoms with Crippen LogP contribution in [-0.4, -0.2) is 49.5 Å². The van der Waals surface area contributed by atoms with E-state index < -0.39 is 0 Å². The van der Waals surface area contributed by atoms with Crippen LogP contribution in [0.2, 0.25) is 5.02 Å². The van der Waals surface area contributed by atoms with Gasteiger partial charge in [0, 0.05) is 0 Å². The fourth-order valence-corrected chi connectivity index (χ4v) is 4.96. The first kappa shape index (κ1) is 29.4. The van der Waals surface area contributed by atoms with E-state index in [1.165, 1.54) is 10.5 Å². The van der Waals surface area contributed by atoms with Crippen molar-refractivity contribution < 1.29 is 28.5 Å². The molecule has 210 valence electrons. The first-order valence-electron chi connectivity index (χ1n) is 12.8. The number of nitrogens with zero attached hydrogens (tertiary/aromatic N) is 1. The lowest BCUT2D eigenvalue weighted by Gasteiger charge is -2.19. The number of amides is 2. The molecule has 3 aromatic carbocycles. The van der Waals surface area contributed by atoms with Crippen LogP contribution in [0.4, 0.5) is 4.79 Å². The Balaban J connectivity index is 1.31. The molecular formula is C31H32ClNO6S. The summed E-state index contributed by atoms with van der Waals surface area (Å²) in [5.41, 5.74) is 2.04. The highest BCUT2D eigenvalue weighted by molar-refractivity contribution is 8.18.